The Balaban J connectivity index is 2.68. The van der Waals surface area contributed by atoms with E-state index in [0.717, 1.165) is 16.7 Å². The second kappa shape index (κ2) is 3.05. The van der Waals surface area contributed by atoms with Crippen molar-refractivity contribution >= 4 is 17.0 Å². The van der Waals surface area contributed by atoms with E-state index < -0.39 is 0 Å². The van der Waals surface area contributed by atoms with E-state index >= 15 is 0 Å². The molecule has 0 bridgehead atoms. The highest BCUT2D eigenvalue weighted by atomic mass is 16.5. The third-order valence-corrected chi connectivity index (χ3v) is 1.98. The lowest BCUT2D eigenvalue weighted by Gasteiger charge is -1.89. The van der Waals surface area contributed by atoms with Gasteiger partial charge >= 0.3 is 0 Å². The lowest BCUT2D eigenvalue weighted by atomic mass is 10.1. The van der Waals surface area contributed by atoms with Crippen LogP contribution in [0, 0.1) is 6.92 Å². The first kappa shape index (κ1) is 8.05. The Kier molecular flexibility index (Phi) is 1.89. The van der Waals surface area contributed by atoms with Gasteiger partial charge in [-0.2, -0.15) is 0 Å². The van der Waals surface area contributed by atoms with Crippen LogP contribution in [0.4, 0.5) is 0 Å². The van der Waals surface area contributed by atoms with Crippen molar-refractivity contribution in [3.63, 3.8) is 0 Å². The number of allylic oxidation sites excluding steroid dienone is 1. The third kappa shape index (κ3) is 1.35. The number of fused-ring (bicyclic) bond motifs is 1. The fourth-order valence-electron chi connectivity index (χ4n) is 1.34. The highest BCUT2D eigenvalue weighted by Crippen LogP contribution is 2.20. The third-order valence-electron chi connectivity index (χ3n) is 1.98. The summed E-state index contributed by atoms with van der Waals surface area (Å²) in [6, 6.07) is 6.10. The molecular weight excluding hydrogens is 162 g/mol. The second-order valence-corrected chi connectivity index (χ2v) is 3.07. The predicted octanol–water partition coefficient (Wildman–Crippen LogP) is 3.17. The zero-order valence-corrected chi connectivity index (χ0v) is 7.74. The predicted molar refractivity (Wildman–Crippen MR) is 53.5 cm³/mol. The van der Waals surface area contributed by atoms with Gasteiger partial charge < -0.3 is 4.52 Å². The molecule has 0 aliphatic carbocycles. The van der Waals surface area contributed by atoms with Crippen LogP contribution in [-0.2, 0) is 0 Å². The molecule has 0 radical (unpaired) electrons. The Morgan fingerprint density at radius 3 is 3.00 bits per heavy atom. The highest BCUT2D eigenvalue weighted by Gasteiger charge is 2.03. The number of benzene rings is 1. The van der Waals surface area contributed by atoms with Gasteiger partial charge in [0.25, 0.3) is 0 Å². The van der Waals surface area contributed by atoms with Crippen molar-refractivity contribution in [3.05, 3.63) is 35.5 Å². The minimum absolute atomic E-state index is 0.855. The van der Waals surface area contributed by atoms with Crippen LogP contribution in [0.15, 0.2) is 28.8 Å². The Morgan fingerprint density at radius 1 is 1.38 bits per heavy atom. The molecule has 0 amide bonds. The van der Waals surface area contributed by atoms with Gasteiger partial charge in [0.2, 0.25) is 0 Å². The van der Waals surface area contributed by atoms with Crippen molar-refractivity contribution in [1.82, 2.24) is 5.16 Å². The first-order valence-electron chi connectivity index (χ1n) is 4.30. The minimum atomic E-state index is 0.855. The average molecular weight is 173 g/mol. The molecule has 0 aliphatic rings. The Bertz CT molecular complexity index is 454. The van der Waals surface area contributed by atoms with Crippen molar-refractivity contribution in [2.75, 3.05) is 0 Å². The van der Waals surface area contributed by atoms with E-state index in [1.165, 1.54) is 5.56 Å². The molecule has 0 atom stereocenters. The fraction of sp³-hybridized carbons (Fsp3) is 0.182. The van der Waals surface area contributed by atoms with E-state index in [2.05, 4.69) is 11.2 Å². The minimum Gasteiger partial charge on any atom is -0.356 e. The van der Waals surface area contributed by atoms with E-state index in [4.69, 9.17) is 4.52 Å². The quantitative estimate of drug-likeness (QED) is 0.662. The second-order valence-electron chi connectivity index (χ2n) is 3.07. The number of rotatable bonds is 1. The smallest absolute Gasteiger partial charge is 0.167 e. The van der Waals surface area contributed by atoms with Crippen LogP contribution in [0.2, 0.25) is 0 Å². The molecule has 0 saturated carbocycles. The van der Waals surface area contributed by atoms with Crippen molar-refractivity contribution in [2.45, 2.75) is 13.8 Å². The van der Waals surface area contributed by atoms with Gasteiger partial charge in [0.1, 0.15) is 5.69 Å². The normalized spacial score (nSPS) is 11.5. The molecule has 0 aliphatic heterocycles. The highest BCUT2D eigenvalue weighted by molar-refractivity contribution is 5.85. The lowest BCUT2D eigenvalue weighted by molar-refractivity contribution is 0.454. The Morgan fingerprint density at radius 2 is 2.23 bits per heavy atom. The Hall–Kier alpha value is -1.57. The summed E-state index contributed by atoms with van der Waals surface area (Å²) in [7, 11) is 0. The molecule has 0 N–H and O–H groups in total. The van der Waals surface area contributed by atoms with Gasteiger partial charge in [-0.25, -0.2) is 0 Å². The average Bonchev–Trinajstić information content (AvgIpc) is 2.49. The topological polar surface area (TPSA) is 26.0 Å². The summed E-state index contributed by atoms with van der Waals surface area (Å²) < 4.78 is 5.18. The van der Waals surface area contributed by atoms with Gasteiger partial charge in [-0.1, -0.05) is 17.3 Å². The first-order chi connectivity index (χ1) is 6.31. The molecule has 2 nitrogen and oxygen atoms in total. The molecule has 1 aromatic carbocycles. The van der Waals surface area contributed by atoms with E-state index in [1.807, 2.05) is 38.1 Å². The summed E-state index contributed by atoms with van der Waals surface area (Å²) in [5.74, 6) is 0. The molecule has 0 fully saturated rings. The van der Waals surface area contributed by atoms with Crippen molar-refractivity contribution < 1.29 is 4.52 Å². The molecule has 0 saturated heterocycles. The maximum atomic E-state index is 5.18. The summed E-state index contributed by atoms with van der Waals surface area (Å²) in [5.41, 5.74) is 2.95. The van der Waals surface area contributed by atoms with E-state index in [0.29, 0.717) is 0 Å². The maximum absolute atomic E-state index is 5.18. The summed E-state index contributed by atoms with van der Waals surface area (Å²) >= 11 is 0. The summed E-state index contributed by atoms with van der Waals surface area (Å²) in [6.45, 7) is 4.01. The van der Waals surface area contributed by atoms with Crippen LogP contribution in [0.5, 0.6) is 0 Å². The molecule has 1 aromatic heterocycles. The van der Waals surface area contributed by atoms with Crippen LogP contribution in [0.1, 0.15) is 18.2 Å². The molecule has 0 unspecified atom stereocenters. The van der Waals surface area contributed by atoms with Gasteiger partial charge in [0.05, 0.1) is 0 Å². The largest absolute Gasteiger partial charge is 0.356 e. The molecule has 1 heterocycles. The molecular formula is C11H11NO. The first-order valence-corrected chi connectivity index (χ1v) is 4.30. The standard InChI is InChI=1S/C11H11NO/c1-3-4-10-9-6-5-8(2)7-11(9)13-12-10/h3-7H,1-2H3/b4-3+. The van der Waals surface area contributed by atoms with Crippen molar-refractivity contribution in [2.24, 2.45) is 0 Å². The Labute approximate surface area is 76.8 Å². The number of aryl methyl sites for hydroxylation is 1. The molecule has 2 heteroatoms. The van der Waals surface area contributed by atoms with Gasteiger partial charge in [-0.05, 0) is 37.6 Å². The number of hydrogen-bond donors (Lipinski definition) is 0. The lowest BCUT2D eigenvalue weighted by Crippen LogP contribution is -1.72. The van der Waals surface area contributed by atoms with Crippen molar-refractivity contribution in [1.29, 1.82) is 0 Å². The van der Waals surface area contributed by atoms with Gasteiger partial charge in [0, 0.05) is 5.39 Å². The number of nitrogens with zero attached hydrogens (tertiary/aromatic N) is 1. The fourth-order valence-corrected chi connectivity index (χ4v) is 1.34. The molecule has 0 spiro atoms. The van der Waals surface area contributed by atoms with E-state index in [9.17, 15) is 0 Å². The maximum Gasteiger partial charge on any atom is 0.167 e. The number of hydrogen-bond acceptors (Lipinski definition) is 2. The summed E-state index contributed by atoms with van der Waals surface area (Å²) in [5, 5.41) is 5.04. The van der Waals surface area contributed by atoms with E-state index in [1.54, 1.807) is 0 Å². The molecule has 66 valence electrons. The molecule has 2 aromatic rings. The van der Waals surface area contributed by atoms with Crippen LogP contribution in [-0.4, -0.2) is 5.16 Å². The van der Waals surface area contributed by atoms with Crippen LogP contribution < -0.4 is 0 Å². The summed E-state index contributed by atoms with van der Waals surface area (Å²) in [4.78, 5) is 0. The van der Waals surface area contributed by atoms with Crippen LogP contribution in [0.3, 0.4) is 0 Å². The zero-order valence-electron chi connectivity index (χ0n) is 7.74. The summed E-state index contributed by atoms with van der Waals surface area (Å²) in [6.07, 6.45) is 3.90. The van der Waals surface area contributed by atoms with Crippen molar-refractivity contribution in [3.8, 4) is 0 Å². The van der Waals surface area contributed by atoms with E-state index in [-0.39, 0.29) is 0 Å². The molecule has 13 heavy (non-hydrogen) atoms. The van der Waals surface area contributed by atoms with Crippen LogP contribution >= 0.6 is 0 Å². The van der Waals surface area contributed by atoms with Gasteiger partial charge in [-0.3, -0.25) is 0 Å². The van der Waals surface area contributed by atoms with Crippen LogP contribution in [0.25, 0.3) is 17.0 Å². The van der Waals surface area contributed by atoms with Gasteiger partial charge in [0.15, 0.2) is 5.58 Å². The zero-order chi connectivity index (χ0) is 9.26. The molecule has 2 rings (SSSR count). The monoisotopic (exact) mass is 173 g/mol. The number of aromatic nitrogens is 1. The van der Waals surface area contributed by atoms with Gasteiger partial charge in [-0.15, -0.1) is 0 Å². The SMILES string of the molecule is C/C=C/c1noc2cc(C)ccc12.